The highest BCUT2D eigenvalue weighted by atomic mass is 16.5. The number of ketones is 2. The molecule has 3 saturated carbocycles. The fraction of sp³-hybridized carbons (Fsp3) is 0.595. The number of Topliss-reactive ketones (excluding diaryl/α,β-unsaturated/α-hetero) is 1. The summed E-state index contributed by atoms with van der Waals surface area (Å²) in [6.45, 7) is 3.39. The summed E-state index contributed by atoms with van der Waals surface area (Å²) in [6.07, 6.45) is 6.19. The number of fused-ring (bicyclic) bond motifs is 6. The zero-order valence-corrected chi connectivity index (χ0v) is 27.9. The van der Waals surface area contributed by atoms with Gasteiger partial charge in [0.2, 0.25) is 11.7 Å². The van der Waals surface area contributed by atoms with Crippen LogP contribution in [0.1, 0.15) is 77.2 Å². The summed E-state index contributed by atoms with van der Waals surface area (Å²) in [5.74, 6) is -2.36. The van der Waals surface area contributed by atoms with Crippen molar-refractivity contribution < 1.29 is 43.7 Å². The number of aromatic amines is 1. The number of nitrogens with one attached hydrogen (secondary N) is 2. The van der Waals surface area contributed by atoms with Crippen LogP contribution in [0.25, 0.3) is 10.9 Å². The van der Waals surface area contributed by atoms with Crippen molar-refractivity contribution in [2.75, 3.05) is 13.7 Å². The van der Waals surface area contributed by atoms with E-state index in [1.807, 2.05) is 31.2 Å². The number of hydrogen-bond acceptors (Lipinski definition) is 9. The molecule has 0 radical (unpaired) electrons. The molecule has 0 spiro atoms. The predicted molar refractivity (Wildman–Crippen MR) is 174 cm³/mol. The highest BCUT2D eigenvalue weighted by Crippen LogP contribution is 2.67. The Balaban J connectivity index is 1.04. The number of para-hydroxylation sites is 1. The van der Waals surface area contributed by atoms with Gasteiger partial charge < -0.3 is 30.0 Å². The molecular weight excluding hydrogens is 616 g/mol. The van der Waals surface area contributed by atoms with Crippen LogP contribution < -0.4 is 5.32 Å². The summed E-state index contributed by atoms with van der Waals surface area (Å²) in [5, 5.41) is 27.1. The first-order valence-corrected chi connectivity index (χ1v) is 17.1. The largest absolute Gasteiger partial charge is 0.467 e. The lowest BCUT2D eigenvalue weighted by Gasteiger charge is -2.60. The molecule has 2 aromatic rings. The van der Waals surface area contributed by atoms with Gasteiger partial charge in [-0.05, 0) is 79.4 Å². The van der Waals surface area contributed by atoms with Crippen LogP contribution >= 0.6 is 0 Å². The zero-order valence-electron chi connectivity index (χ0n) is 27.9. The lowest BCUT2D eigenvalue weighted by molar-refractivity contribution is -0.184. The Hall–Kier alpha value is -3.83. The second kappa shape index (κ2) is 12.9. The van der Waals surface area contributed by atoms with Gasteiger partial charge in [-0.25, -0.2) is 4.79 Å². The zero-order chi connectivity index (χ0) is 34.4. The van der Waals surface area contributed by atoms with Crippen molar-refractivity contribution in [3.63, 3.8) is 0 Å². The fourth-order valence-corrected chi connectivity index (χ4v) is 9.83. The monoisotopic (exact) mass is 662 g/mol. The Morgan fingerprint density at radius 1 is 1.08 bits per heavy atom. The number of hydrogen-bond donors (Lipinski definition) is 4. The van der Waals surface area contributed by atoms with Crippen molar-refractivity contribution in [1.29, 1.82) is 0 Å². The maximum Gasteiger partial charge on any atom is 0.328 e. The Morgan fingerprint density at radius 2 is 1.85 bits per heavy atom. The molecular formula is C37H46N2O9. The number of aliphatic hydroxyl groups excluding tert-OH is 1. The topological polar surface area (TPSA) is 172 Å². The fourth-order valence-electron chi connectivity index (χ4n) is 9.83. The van der Waals surface area contributed by atoms with E-state index >= 15 is 0 Å². The first-order valence-electron chi connectivity index (χ1n) is 17.1. The number of allylic oxidation sites excluding steroid dienone is 1. The molecule has 1 aromatic carbocycles. The molecule has 8 atom stereocenters. The van der Waals surface area contributed by atoms with Gasteiger partial charge in [0.25, 0.3) is 0 Å². The van der Waals surface area contributed by atoms with Gasteiger partial charge in [0, 0.05) is 41.8 Å². The molecule has 4 aliphatic carbocycles. The van der Waals surface area contributed by atoms with Crippen molar-refractivity contribution in [2.24, 2.45) is 28.6 Å². The van der Waals surface area contributed by atoms with E-state index < -0.39 is 53.4 Å². The molecule has 0 saturated heterocycles. The molecule has 1 aromatic heterocycles. The van der Waals surface area contributed by atoms with E-state index in [2.05, 4.69) is 17.2 Å². The van der Waals surface area contributed by atoms with E-state index in [1.165, 1.54) is 7.11 Å². The van der Waals surface area contributed by atoms with Crippen molar-refractivity contribution in [3.8, 4) is 0 Å². The molecule has 0 aliphatic heterocycles. The lowest BCUT2D eigenvalue weighted by Crippen LogP contribution is -2.62. The van der Waals surface area contributed by atoms with Gasteiger partial charge in [0.15, 0.2) is 12.4 Å². The minimum atomic E-state index is -1.77. The third kappa shape index (κ3) is 5.78. The van der Waals surface area contributed by atoms with Crippen LogP contribution in [-0.2, 0) is 39.9 Å². The number of carbonyl (C=O) groups excluding carboxylic acids is 5. The minimum Gasteiger partial charge on any atom is -0.467 e. The van der Waals surface area contributed by atoms with E-state index in [4.69, 9.17) is 9.47 Å². The van der Waals surface area contributed by atoms with Crippen LogP contribution in [0.5, 0.6) is 0 Å². The van der Waals surface area contributed by atoms with Gasteiger partial charge in [-0.1, -0.05) is 37.6 Å². The number of benzene rings is 1. The molecule has 3 fully saturated rings. The number of esters is 2. The van der Waals surface area contributed by atoms with Crippen LogP contribution in [0.4, 0.5) is 0 Å². The molecule has 6 rings (SSSR count). The van der Waals surface area contributed by atoms with Crippen LogP contribution in [-0.4, -0.2) is 76.1 Å². The first kappa shape index (κ1) is 34.0. The van der Waals surface area contributed by atoms with Gasteiger partial charge in [-0.3, -0.25) is 19.2 Å². The second-order valence-electron chi connectivity index (χ2n) is 14.8. The maximum absolute atomic E-state index is 13.6. The quantitative estimate of drug-likeness (QED) is 0.278. The number of ether oxygens (including phenoxy) is 2. The predicted octanol–water partition coefficient (Wildman–Crippen LogP) is 3.49. The number of aliphatic hydroxyl groups is 2. The summed E-state index contributed by atoms with van der Waals surface area (Å²) in [4.78, 5) is 66.7. The van der Waals surface area contributed by atoms with Crippen molar-refractivity contribution in [3.05, 3.63) is 47.7 Å². The average molecular weight is 663 g/mol. The average Bonchev–Trinajstić information content (AvgIpc) is 3.59. The Morgan fingerprint density at radius 3 is 2.62 bits per heavy atom. The minimum absolute atomic E-state index is 0.00210. The van der Waals surface area contributed by atoms with Crippen LogP contribution in [0.2, 0.25) is 0 Å². The number of methoxy groups -OCH3 is 1. The van der Waals surface area contributed by atoms with Gasteiger partial charge >= 0.3 is 11.9 Å². The second-order valence-corrected chi connectivity index (χ2v) is 14.8. The van der Waals surface area contributed by atoms with Gasteiger partial charge in [0.1, 0.15) is 11.6 Å². The van der Waals surface area contributed by atoms with Crippen LogP contribution in [0.3, 0.4) is 0 Å². The normalized spacial score (nSPS) is 33.1. The Bertz CT molecular complexity index is 1660. The maximum atomic E-state index is 13.6. The molecule has 48 heavy (non-hydrogen) atoms. The van der Waals surface area contributed by atoms with E-state index in [9.17, 15) is 34.2 Å². The third-order valence-electron chi connectivity index (χ3n) is 12.3. The molecule has 4 aliphatic rings. The molecule has 0 unspecified atom stereocenters. The molecule has 11 heteroatoms. The summed E-state index contributed by atoms with van der Waals surface area (Å²) < 4.78 is 10.2. The van der Waals surface area contributed by atoms with Crippen LogP contribution in [0.15, 0.2) is 42.1 Å². The number of carbonyl (C=O) groups is 5. The molecule has 1 heterocycles. The van der Waals surface area contributed by atoms with Gasteiger partial charge in [0.05, 0.1) is 19.6 Å². The molecule has 1 amide bonds. The summed E-state index contributed by atoms with van der Waals surface area (Å²) >= 11 is 0. The Kier molecular flexibility index (Phi) is 9.14. The van der Waals surface area contributed by atoms with E-state index in [0.29, 0.717) is 19.3 Å². The van der Waals surface area contributed by atoms with E-state index in [-0.39, 0.29) is 61.1 Å². The van der Waals surface area contributed by atoms with Crippen molar-refractivity contribution >= 4 is 40.3 Å². The number of amides is 1. The Labute approximate surface area is 279 Å². The number of rotatable bonds is 10. The number of H-pyrrole nitrogens is 1. The molecule has 4 N–H and O–H groups in total. The van der Waals surface area contributed by atoms with E-state index in [1.54, 1.807) is 12.3 Å². The highest BCUT2D eigenvalue weighted by Gasteiger charge is 2.68. The molecule has 0 bridgehead atoms. The summed E-state index contributed by atoms with van der Waals surface area (Å²) in [6, 6.07) is 6.62. The SMILES string of the molecule is COC(=O)[C@H](Cc1c[nH]c2ccccc12)NC(=O)CCC(=O)OCC(=O)[C@@]1(O)CC[C@H]2[C@@H]3CCC4=CC(=O)CC[C@]4(C)[C@H]3[C@H](O)C[C@@]21C. The summed E-state index contributed by atoms with van der Waals surface area (Å²) in [7, 11) is 1.24. The smallest absolute Gasteiger partial charge is 0.328 e. The van der Waals surface area contributed by atoms with Crippen molar-refractivity contribution in [1.82, 2.24) is 10.3 Å². The first-order chi connectivity index (χ1) is 22.8. The lowest BCUT2D eigenvalue weighted by atomic mass is 9.45. The standard InChI is InChI=1S/C37H46N2O9/c1-35-14-12-23(40)17-22(35)8-9-25-26-13-15-37(46,36(26,2)18-29(41)33(25)35)30(42)20-48-32(44)11-10-31(43)39-28(34(45)47-3)16-21-19-38-27-7-5-4-6-24(21)27/h4-7,17,19,25-26,28-29,33,38,41,46H,8-16,18,20H2,1-3H3,(H,39,43)/t25-,26-,28-,29+,33+,35-,36-,37-/m0/s1. The third-order valence-corrected chi connectivity index (χ3v) is 12.3. The molecule has 258 valence electrons. The summed E-state index contributed by atoms with van der Waals surface area (Å²) in [5.41, 5.74) is -0.109. The van der Waals surface area contributed by atoms with Crippen LogP contribution in [0, 0.1) is 28.6 Å². The van der Waals surface area contributed by atoms with Crippen molar-refractivity contribution in [2.45, 2.75) is 95.8 Å². The van der Waals surface area contributed by atoms with Gasteiger partial charge in [-0.15, -0.1) is 0 Å². The molecule has 11 nitrogen and oxygen atoms in total. The van der Waals surface area contributed by atoms with E-state index in [0.717, 1.165) is 34.9 Å². The number of aromatic nitrogens is 1. The van der Waals surface area contributed by atoms with Gasteiger partial charge in [-0.2, -0.15) is 0 Å². The highest BCUT2D eigenvalue weighted by molar-refractivity contribution is 5.93.